The number of rotatable bonds is 7. The van der Waals surface area contributed by atoms with Crippen LogP contribution in [0.5, 0.6) is 0 Å². The molecule has 0 saturated carbocycles. The van der Waals surface area contributed by atoms with Crippen molar-refractivity contribution in [1.29, 1.82) is 0 Å². The van der Waals surface area contributed by atoms with Crippen molar-refractivity contribution < 1.29 is 9.59 Å². The van der Waals surface area contributed by atoms with E-state index in [4.69, 9.17) is 0 Å². The van der Waals surface area contributed by atoms with E-state index in [0.717, 1.165) is 31.6 Å². The van der Waals surface area contributed by atoms with Gasteiger partial charge in [0.2, 0.25) is 5.91 Å². The fraction of sp³-hybridized carbons (Fsp3) is 0.429. The van der Waals surface area contributed by atoms with Gasteiger partial charge in [-0.1, -0.05) is 17.8 Å². The molecule has 2 amide bonds. The molecule has 1 aliphatic heterocycles. The Morgan fingerprint density at radius 3 is 2.61 bits per heavy atom. The summed E-state index contributed by atoms with van der Waals surface area (Å²) in [6.07, 6.45) is 6.25. The Labute approximate surface area is 170 Å². The smallest absolute Gasteiger partial charge is 0.256 e. The van der Waals surface area contributed by atoms with Gasteiger partial charge in [-0.25, -0.2) is 4.98 Å². The molecule has 0 aromatic carbocycles. The molecule has 3 heterocycles. The molecule has 1 unspecified atom stereocenters. The van der Waals surface area contributed by atoms with Crippen molar-refractivity contribution in [3.63, 3.8) is 0 Å². The van der Waals surface area contributed by atoms with Gasteiger partial charge >= 0.3 is 0 Å². The number of nitrogens with zero attached hydrogens (tertiary/aromatic N) is 4. The van der Waals surface area contributed by atoms with Crippen molar-refractivity contribution in [2.75, 3.05) is 26.7 Å². The number of likely N-dealkylation sites (N-methyl/N-ethyl adjacent to an activating group) is 1. The number of likely N-dealkylation sites (tertiary alicyclic amines) is 1. The molecule has 1 saturated heterocycles. The normalized spacial score (nSPS) is 14.7. The van der Waals surface area contributed by atoms with Crippen LogP contribution in [0.4, 0.5) is 0 Å². The van der Waals surface area contributed by atoms with Crippen molar-refractivity contribution in [3.8, 4) is 0 Å². The SMILES string of the molecule is CC(Sc1ncccc1C(=O)N(C)CCc1ccccn1)C(=O)N1CCCC1. The van der Waals surface area contributed by atoms with E-state index >= 15 is 0 Å². The number of carbonyl (C=O) groups excluding carboxylic acids is 2. The lowest BCUT2D eigenvalue weighted by Gasteiger charge is -2.21. The van der Waals surface area contributed by atoms with Gasteiger partial charge in [-0.15, -0.1) is 0 Å². The average Bonchev–Trinajstić information content (AvgIpc) is 3.27. The zero-order valence-electron chi connectivity index (χ0n) is 16.4. The second-order valence-electron chi connectivity index (χ2n) is 6.95. The van der Waals surface area contributed by atoms with Gasteiger partial charge in [-0.05, 0) is 44.0 Å². The Hall–Kier alpha value is -2.41. The van der Waals surface area contributed by atoms with E-state index in [2.05, 4.69) is 9.97 Å². The molecule has 1 aliphatic rings. The summed E-state index contributed by atoms with van der Waals surface area (Å²) in [5, 5.41) is 0.343. The molecule has 6 nitrogen and oxygen atoms in total. The summed E-state index contributed by atoms with van der Waals surface area (Å²) >= 11 is 1.36. The van der Waals surface area contributed by atoms with Gasteiger partial charge in [0, 0.05) is 51.2 Å². The first-order valence-electron chi connectivity index (χ1n) is 9.62. The predicted molar refractivity (Wildman–Crippen MR) is 110 cm³/mol. The summed E-state index contributed by atoms with van der Waals surface area (Å²) < 4.78 is 0. The average molecular weight is 399 g/mol. The Bertz CT molecular complexity index is 809. The number of carbonyl (C=O) groups is 2. The number of thioether (sulfide) groups is 1. The van der Waals surface area contributed by atoms with Crippen LogP contribution in [0.15, 0.2) is 47.8 Å². The van der Waals surface area contributed by atoms with E-state index < -0.39 is 0 Å². The van der Waals surface area contributed by atoms with Gasteiger partial charge in [0.1, 0.15) is 5.03 Å². The van der Waals surface area contributed by atoms with Crippen molar-refractivity contribution >= 4 is 23.6 Å². The van der Waals surface area contributed by atoms with E-state index in [9.17, 15) is 9.59 Å². The standard InChI is InChI=1S/C21H26N4O2S/c1-16(20(26)25-13-5-6-14-25)28-19-18(9-7-12-23-19)21(27)24(2)15-10-17-8-3-4-11-22-17/h3-4,7-9,11-12,16H,5-6,10,13-15H2,1-2H3. The summed E-state index contributed by atoms with van der Waals surface area (Å²) in [6.45, 7) is 4.11. The largest absolute Gasteiger partial charge is 0.342 e. The van der Waals surface area contributed by atoms with Crippen LogP contribution in [-0.4, -0.2) is 63.5 Å². The highest BCUT2D eigenvalue weighted by Gasteiger charge is 2.26. The zero-order valence-corrected chi connectivity index (χ0v) is 17.2. The topological polar surface area (TPSA) is 66.4 Å². The highest BCUT2D eigenvalue weighted by molar-refractivity contribution is 8.00. The molecule has 28 heavy (non-hydrogen) atoms. The van der Waals surface area contributed by atoms with Crippen molar-refractivity contribution in [3.05, 3.63) is 54.0 Å². The third-order valence-electron chi connectivity index (χ3n) is 4.83. The highest BCUT2D eigenvalue weighted by Crippen LogP contribution is 2.27. The quantitative estimate of drug-likeness (QED) is 0.671. The minimum atomic E-state index is -0.265. The fourth-order valence-electron chi connectivity index (χ4n) is 3.20. The predicted octanol–water partition coefficient (Wildman–Crippen LogP) is 2.89. The minimum Gasteiger partial charge on any atom is -0.342 e. The number of hydrogen-bond donors (Lipinski definition) is 0. The third-order valence-corrected chi connectivity index (χ3v) is 5.94. The van der Waals surface area contributed by atoms with Crippen molar-refractivity contribution in [2.24, 2.45) is 0 Å². The maximum Gasteiger partial charge on any atom is 0.256 e. The van der Waals surface area contributed by atoms with Crippen molar-refractivity contribution in [2.45, 2.75) is 36.5 Å². The van der Waals surface area contributed by atoms with E-state index in [-0.39, 0.29) is 17.1 Å². The summed E-state index contributed by atoms with van der Waals surface area (Å²) in [5.41, 5.74) is 1.49. The molecule has 148 valence electrons. The zero-order chi connectivity index (χ0) is 19.9. The molecule has 0 radical (unpaired) electrons. The fourth-order valence-corrected chi connectivity index (χ4v) is 4.18. The molecule has 2 aromatic rings. The lowest BCUT2D eigenvalue weighted by Crippen LogP contribution is -2.34. The maximum atomic E-state index is 13.0. The van der Waals surface area contributed by atoms with E-state index in [1.165, 1.54) is 11.8 Å². The minimum absolute atomic E-state index is 0.0904. The third kappa shape index (κ3) is 5.10. The van der Waals surface area contributed by atoms with Crippen LogP contribution in [0, 0.1) is 0 Å². The van der Waals surface area contributed by atoms with Crippen LogP contribution in [0.25, 0.3) is 0 Å². The van der Waals surface area contributed by atoms with Gasteiger partial charge in [-0.3, -0.25) is 14.6 Å². The summed E-state index contributed by atoms with van der Waals surface area (Å²) in [7, 11) is 1.78. The van der Waals surface area contributed by atoms with E-state index in [1.54, 1.807) is 36.5 Å². The van der Waals surface area contributed by atoms with Crippen LogP contribution >= 0.6 is 11.8 Å². The van der Waals surface area contributed by atoms with Gasteiger partial charge < -0.3 is 9.80 Å². The number of amides is 2. The molecule has 1 atom stereocenters. The Kier molecular flexibility index (Phi) is 7.03. The lowest BCUT2D eigenvalue weighted by atomic mass is 10.2. The number of hydrogen-bond acceptors (Lipinski definition) is 5. The van der Waals surface area contributed by atoms with Crippen LogP contribution < -0.4 is 0 Å². The molecule has 7 heteroatoms. The van der Waals surface area contributed by atoms with Gasteiger partial charge in [-0.2, -0.15) is 0 Å². The van der Waals surface area contributed by atoms with Gasteiger partial charge in [0.05, 0.1) is 10.8 Å². The molecule has 2 aromatic heterocycles. The second-order valence-corrected chi connectivity index (χ2v) is 8.28. The van der Waals surface area contributed by atoms with Crippen molar-refractivity contribution in [1.82, 2.24) is 19.8 Å². The second kappa shape index (κ2) is 9.68. The number of aromatic nitrogens is 2. The highest BCUT2D eigenvalue weighted by atomic mass is 32.2. The van der Waals surface area contributed by atoms with Crippen LogP contribution in [0.3, 0.4) is 0 Å². The molecule has 0 bridgehead atoms. The first-order chi connectivity index (χ1) is 13.6. The van der Waals surface area contributed by atoms with E-state index in [0.29, 0.717) is 23.6 Å². The lowest BCUT2D eigenvalue weighted by molar-refractivity contribution is -0.129. The summed E-state index contributed by atoms with van der Waals surface area (Å²) in [4.78, 5) is 37.8. The molecule has 1 fully saturated rings. The summed E-state index contributed by atoms with van der Waals surface area (Å²) in [6, 6.07) is 9.31. The van der Waals surface area contributed by atoms with Crippen LogP contribution in [0.2, 0.25) is 0 Å². The first-order valence-corrected chi connectivity index (χ1v) is 10.5. The molecule has 0 aliphatic carbocycles. The first kappa shape index (κ1) is 20.3. The van der Waals surface area contributed by atoms with Gasteiger partial charge in [0.15, 0.2) is 0 Å². The number of pyridine rings is 2. The Balaban J connectivity index is 1.64. The van der Waals surface area contributed by atoms with Crippen LogP contribution in [-0.2, 0) is 11.2 Å². The molecular formula is C21H26N4O2S. The molecule has 0 spiro atoms. The molecule has 3 rings (SSSR count). The Morgan fingerprint density at radius 2 is 1.89 bits per heavy atom. The van der Waals surface area contributed by atoms with Gasteiger partial charge in [0.25, 0.3) is 5.91 Å². The molecular weight excluding hydrogens is 372 g/mol. The van der Waals surface area contributed by atoms with E-state index in [1.807, 2.05) is 30.0 Å². The van der Waals surface area contributed by atoms with Crippen LogP contribution in [0.1, 0.15) is 35.8 Å². The maximum absolute atomic E-state index is 13.0. The monoisotopic (exact) mass is 398 g/mol. The Morgan fingerprint density at radius 1 is 1.14 bits per heavy atom. The summed E-state index contributed by atoms with van der Waals surface area (Å²) in [5.74, 6) is 0.0300. The molecule has 0 N–H and O–H groups in total.